The van der Waals surface area contributed by atoms with E-state index in [1.165, 1.54) is 7.11 Å². The van der Waals surface area contributed by atoms with Gasteiger partial charge in [0.25, 0.3) is 0 Å². The highest BCUT2D eigenvalue weighted by molar-refractivity contribution is 5.91. The van der Waals surface area contributed by atoms with Gasteiger partial charge in [0.2, 0.25) is 0 Å². The van der Waals surface area contributed by atoms with Crippen molar-refractivity contribution in [3.8, 4) is 0 Å². The Balaban J connectivity index is 2.62. The number of aromatic nitrogens is 1. The number of hydrogen-bond donors (Lipinski definition) is 2. The molecule has 0 saturated carbocycles. The molecular formula is C13H15NO3. The quantitative estimate of drug-likeness (QED) is 0.780. The van der Waals surface area contributed by atoms with Crippen LogP contribution >= 0.6 is 0 Å². The van der Waals surface area contributed by atoms with Crippen LogP contribution in [0.15, 0.2) is 18.2 Å². The van der Waals surface area contributed by atoms with Crippen molar-refractivity contribution in [2.75, 3.05) is 7.11 Å². The number of methoxy groups -OCH3 is 1. The monoisotopic (exact) mass is 233 g/mol. The largest absolute Gasteiger partial charge is 0.467 e. The third kappa shape index (κ3) is 1.80. The minimum Gasteiger partial charge on any atom is -0.467 e. The van der Waals surface area contributed by atoms with Crippen LogP contribution in [0, 0.1) is 13.8 Å². The van der Waals surface area contributed by atoms with E-state index in [9.17, 15) is 9.90 Å². The van der Waals surface area contributed by atoms with E-state index in [0.717, 1.165) is 22.2 Å². The summed E-state index contributed by atoms with van der Waals surface area (Å²) in [6, 6.07) is 5.51. The lowest BCUT2D eigenvalue weighted by Crippen LogP contribution is -2.13. The molecule has 2 aromatic rings. The maximum atomic E-state index is 11.4. The highest BCUT2D eigenvalue weighted by Gasteiger charge is 2.21. The van der Waals surface area contributed by atoms with E-state index in [-0.39, 0.29) is 0 Å². The fourth-order valence-electron chi connectivity index (χ4n) is 1.97. The SMILES string of the molecule is COC(=O)C(O)c1cccc2c(C)c(C)[nH]c12. The zero-order chi connectivity index (χ0) is 12.6. The summed E-state index contributed by atoms with van der Waals surface area (Å²) in [7, 11) is 1.26. The molecule has 4 nitrogen and oxygen atoms in total. The Morgan fingerprint density at radius 1 is 1.41 bits per heavy atom. The molecule has 0 aliphatic heterocycles. The lowest BCUT2D eigenvalue weighted by molar-refractivity contribution is -0.150. The van der Waals surface area contributed by atoms with Crippen LogP contribution in [-0.4, -0.2) is 23.2 Å². The van der Waals surface area contributed by atoms with Gasteiger partial charge in [-0.15, -0.1) is 0 Å². The maximum absolute atomic E-state index is 11.4. The number of aryl methyl sites for hydroxylation is 2. The molecule has 1 heterocycles. The van der Waals surface area contributed by atoms with Gasteiger partial charge in [-0.25, -0.2) is 4.79 Å². The van der Waals surface area contributed by atoms with Gasteiger partial charge in [0.1, 0.15) is 0 Å². The van der Waals surface area contributed by atoms with E-state index < -0.39 is 12.1 Å². The van der Waals surface area contributed by atoms with Gasteiger partial charge in [-0.05, 0) is 19.4 Å². The van der Waals surface area contributed by atoms with E-state index in [0.29, 0.717) is 5.56 Å². The van der Waals surface area contributed by atoms with Crippen molar-refractivity contribution in [1.29, 1.82) is 0 Å². The number of aromatic amines is 1. The normalized spacial score (nSPS) is 12.7. The van der Waals surface area contributed by atoms with Gasteiger partial charge in [0.15, 0.2) is 6.10 Å². The Kier molecular flexibility index (Phi) is 2.90. The number of rotatable bonds is 2. The topological polar surface area (TPSA) is 62.3 Å². The molecule has 0 aliphatic carbocycles. The molecule has 0 fully saturated rings. The summed E-state index contributed by atoms with van der Waals surface area (Å²) in [5.41, 5.74) is 3.49. The van der Waals surface area contributed by atoms with Crippen LogP contribution in [0.5, 0.6) is 0 Å². The van der Waals surface area contributed by atoms with E-state index in [1.807, 2.05) is 26.0 Å². The second-order valence-electron chi connectivity index (χ2n) is 4.07. The van der Waals surface area contributed by atoms with Crippen LogP contribution in [-0.2, 0) is 9.53 Å². The summed E-state index contributed by atoms with van der Waals surface area (Å²) in [5.74, 6) is -0.651. The first-order valence-corrected chi connectivity index (χ1v) is 5.40. The van der Waals surface area contributed by atoms with Crippen LogP contribution in [0.1, 0.15) is 22.9 Å². The molecule has 1 aromatic heterocycles. The number of esters is 1. The first-order chi connectivity index (χ1) is 8.06. The van der Waals surface area contributed by atoms with E-state index in [2.05, 4.69) is 9.72 Å². The Hall–Kier alpha value is -1.81. The third-order valence-electron chi connectivity index (χ3n) is 3.09. The number of hydrogen-bond acceptors (Lipinski definition) is 3. The molecule has 2 rings (SSSR count). The van der Waals surface area contributed by atoms with Gasteiger partial charge in [-0.1, -0.05) is 18.2 Å². The number of aliphatic hydroxyl groups is 1. The first kappa shape index (κ1) is 11.7. The standard InChI is InChI=1S/C13H15NO3/c1-7-8(2)14-11-9(7)5-4-6-10(11)12(15)13(16)17-3/h4-6,12,14-15H,1-3H3. The molecule has 1 unspecified atom stereocenters. The Morgan fingerprint density at radius 3 is 2.76 bits per heavy atom. The van der Waals surface area contributed by atoms with Crippen LogP contribution in [0.3, 0.4) is 0 Å². The predicted octanol–water partition coefficient (Wildman–Crippen LogP) is 1.99. The predicted molar refractivity (Wildman–Crippen MR) is 64.7 cm³/mol. The number of para-hydroxylation sites is 1. The van der Waals surface area contributed by atoms with Gasteiger partial charge in [-0.2, -0.15) is 0 Å². The van der Waals surface area contributed by atoms with Crippen molar-refractivity contribution in [3.05, 3.63) is 35.0 Å². The van der Waals surface area contributed by atoms with Gasteiger partial charge < -0.3 is 14.8 Å². The van der Waals surface area contributed by atoms with Crippen LogP contribution in [0.25, 0.3) is 10.9 Å². The summed E-state index contributed by atoms with van der Waals surface area (Å²) >= 11 is 0. The highest BCUT2D eigenvalue weighted by atomic mass is 16.5. The molecule has 4 heteroatoms. The molecule has 1 aromatic carbocycles. The average molecular weight is 233 g/mol. The molecule has 0 amide bonds. The van der Waals surface area contributed by atoms with Crippen molar-refractivity contribution >= 4 is 16.9 Å². The number of fused-ring (bicyclic) bond motifs is 1. The number of carbonyl (C=O) groups excluding carboxylic acids is 1. The molecule has 0 radical (unpaired) electrons. The van der Waals surface area contributed by atoms with E-state index in [1.54, 1.807) is 6.07 Å². The van der Waals surface area contributed by atoms with Gasteiger partial charge in [-0.3, -0.25) is 0 Å². The molecule has 0 spiro atoms. The Morgan fingerprint density at radius 2 is 2.12 bits per heavy atom. The van der Waals surface area contributed by atoms with Gasteiger partial charge in [0.05, 0.1) is 12.6 Å². The summed E-state index contributed by atoms with van der Waals surface area (Å²) in [6.07, 6.45) is -1.25. The Labute approximate surface area is 99.2 Å². The third-order valence-corrected chi connectivity index (χ3v) is 3.09. The fourth-order valence-corrected chi connectivity index (χ4v) is 1.97. The number of ether oxygens (including phenoxy) is 1. The lowest BCUT2D eigenvalue weighted by Gasteiger charge is -2.09. The van der Waals surface area contributed by atoms with Crippen LogP contribution in [0.4, 0.5) is 0 Å². The average Bonchev–Trinajstić information content (AvgIpc) is 2.63. The second kappa shape index (κ2) is 4.22. The Bertz CT molecular complexity index is 571. The van der Waals surface area contributed by atoms with Crippen molar-refractivity contribution in [1.82, 2.24) is 4.98 Å². The molecular weight excluding hydrogens is 218 g/mol. The van der Waals surface area contributed by atoms with Crippen molar-refractivity contribution in [2.45, 2.75) is 20.0 Å². The van der Waals surface area contributed by atoms with Crippen molar-refractivity contribution in [2.24, 2.45) is 0 Å². The molecule has 2 N–H and O–H groups in total. The maximum Gasteiger partial charge on any atom is 0.339 e. The van der Waals surface area contributed by atoms with Crippen LogP contribution < -0.4 is 0 Å². The fraction of sp³-hybridized carbons (Fsp3) is 0.308. The smallest absolute Gasteiger partial charge is 0.339 e. The summed E-state index contributed by atoms with van der Waals surface area (Å²) in [5, 5.41) is 10.9. The second-order valence-corrected chi connectivity index (χ2v) is 4.07. The summed E-state index contributed by atoms with van der Waals surface area (Å²) < 4.78 is 4.55. The first-order valence-electron chi connectivity index (χ1n) is 5.40. The van der Waals surface area contributed by atoms with Crippen LogP contribution in [0.2, 0.25) is 0 Å². The highest BCUT2D eigenvalue weighted by Crippen LogP contribution is 2.28. The zero-order valence-corrected chi connectivity index (χ0v) is 10.1. The molecule has 1 atom stereocenters. The number of H-pyrrole nitrogens is 1. The van der Waals surface area contributed by atoms with E-state index >= 15 is 0 Å². The summed E-state index contributed by atoms with van der Waals surface area (Å²) in [6.45, 7) is 3.96. The minimum absolute atomic E-state index is 0.547. The molecule has 0 saturated heterocycles. The molecule has 0 aliphatic rings. The van der Waals surface area contributed by atoms with E-state index in [4.69, 9.17) is 0 Å². The number of aliphatic hydroxyl groups excluding tert-OH is 1. The van der Waals surface area contributed by atoms with Crippen molar-refractivity contribution < 1.29 is 14.6 Å². The van der Waals surface area contributed by atoms with Gasteiger partial charge in [0, 0.05) is 16.6 Å². The molecule has 0 bridgehead atoms. The minimum atomic E-state index is -1.25. The van der Waals surface area contributed by atoms with Gasteiger partial charge >= 0.3 is 5.97 Å². The number of benzene rings is 1. The molecule has 17 heavy (non-hydrogen) atoms. The lowest BCUT2D eigenvalue weighted by atomic mass is 10.0. The zero-order valence-electron chi connectivity index (χ0n) is 10.1. The number of carbonyl (C=O) groups is 1. The number of nitrogens with one attached hydrogen (secondary N) is 1. The summed E-state index contributed by atoms with van der Waals surface area (Å²) in [4.78, 5) is 14.5. The molecule has 90 valence electrons. The van der Waals surface area contributed by atoms with Crippen molar-refractivity contribution in [3.63, 3.8) is 0 Å².